The molecule has 10 nitrogen and oxygen atoms in total. The number of fused-ring (bicyclic) bond motifs is 1. The molecule has 0 radical (unpaired) electrons. The van der Waals surface area contributed by atoms with E-state index in [1.165, 1.54) is 20.3 Å². The van der Waals surface area contributed by atoms with E-state index in [-0.39, 0.29) is 40.7 Å². The molecule has 12 heteroatoms. The van der Waals surface area contributed by atoms with Crippen LogP contribution in [0.5, 0.6) is 11.5 Å². The third-order valence-electron chi connectivity index (χ3n) is 6.76. The van der Waals surface area contributed by atoms with Gasteiger partial charge in [-0.2, -0.15) is 0 Å². The maximum Gasteiger partial charge on any atom is 0.243 e. The Bertz CT molecular complexity index is 1370. The van der Waals surface area contributed by atoms with Gasteiger partial charge in [-0.15, -0.1) is 0 Å². The van der Waals surface area contributed by atoms with E-state index in [0.717, 1.165) is 11.5 Å². The molecular formula is C27H29F2N5O5. The Morgan fingerprint density at radius 1 is 1.08 bits per heavy atom. The minimum atomic E-state index is -0.879. The fourth-order valence-electron chi connectivity index (χ4n) is 4.73. The van der Waals surface area contributed by atoms with E-state index in [9.17, 15) is 4.79 Å². The first kappa shape index (κ1) is 26.6. The molecule has 0 spiro atoms. The highest BCUT2D eigenvalue weighted by Gasteiger charge is 2.30. The summed E-state index contributed by atoms with van der Waals surface area (Å²) in [4.78, 5) is 23.1. The molecule has 5 rings (SSSR count). The van der Waals surface area contributed by atoms with Gasteiger partial charge in [-0.1, -0.05) is 6.58 Å². The number of carbonyl (C=O) groups is 1. The highest BCUT2D eigenvalue weighted by Crippen LogP contribution is 2.39. The number of morpholine rings is 1. The fourth-order valence-corrected chi connectivity index (χ4v) is 4.73. The molecule has 2 fully saturated rings. The smallest absolute Gasteiger partial charge is 0.243 e. The summed E-state index contributed by atoms with van der Waals surface area (Å²) in [5.41, 5.74) is -0.274. The summed E-state index contributed by atoms with van der Waals surface area (Å²) >= 11 is 0. The second kappa shape index (κ2) is 11.4. The number of aromatic nitrogens is 2. The molecule has 1 amide bonds. The summed E-state index contributed by atoms with van der Waals surface area (Å²) in [7, 11) is 2.60. The number of nitrogens with zero attached hydrogens (tertiary/aromatic N) is 3. The van der Waals surface area contributed by atoms with Gasteiger partial charge in [0.25, 0.3) is 0 Å². The number of nitrogens with one attached hydrogen (secondary N) is 2. The van der Waals surface area contributed by atoms with E-state index in [1.807, 2.05) is 11.0 Å². The molecule has 2 aliphatic heterocycles. The summed E-state index contributed by atoms with van der Waals surface area (Å²) in [6.45, 7) is 6.31. The number of benzene rings is 1. The average molecular weight is 542 g/mol. The molecule has 39 heavy (non-hydrogen) atoms. The molecule has 0 saturated carbocycles. The first-order valence-corrected chi connectivity index (χ1v) is 12.4. The molecule has 0 aliphatic carbocycles. The van der Waals surface area contributed by atoms with Crippen LogP contribution in [0.25, 0.3) is 22.0 Å². The Morgan fingerprint density at radius 2 is 1.77 bits per heavy atom. The first-order chi connectivity index (χ1) is 18.9. The zero-order valence-electron chi connectivity index (χ0n) is 21.6. The van der Waals surface area contributed by atoms with Crippen LogP contribution in [-0.2, 0) is 14.3 Å². The quantitative estimate of drug-likeness (QED) is 0.417. The van der Waals surface area contributed by atoms with Crippen LogP contribution in [0.2, 0.25) is 0 Å². The third-order valence-corrected chi connectivity index (χ3v) is 6.76. The Labute approximate surface area is 223 Å². The maximum atomic E-state index is 15.4. The highest BCUT2D eigenvalue weighted by molar-refractivity contribution is 5.96. The van der Waals surface area contributed by atoms with Crippen molar-refractivity contribution in [2.75, 3.05) is 64.0 Å². The van der Waals surface area contributed by atoms with Crippen LogP contribution in [0, 0.1) is 11.6 Å². The van der Waals surface area contributed by atoms with Crippen molar-refractivity contribution >= 4 is 28.3 Å². The topological polar surface area (TPSA) is 107 Å². The van der Waals surface area contributed by atoms with Gasteiger partial charge in [0.2, 0.25) is 5.91 Å². The second-order valence-electron chi connectivity index (χ2n) is 9.11. The lowest BCUT2D eigenvalue weighted by Crippen LogP contribution is -2.45. The Hall–Kier alpha value is -4.03. The molecule has 2 saturated heterocycles. The second-order valence-corrected chi connectivity index (χ2v) is 9.11. The maximum absolute atomic E-state index is 15.4. The Balaban J connectivity index is 1.59. The fraction of sp³-hybridized carbons (Fsp3) is 0.370. The van der Waals surface area contributed by atoms with Gasteiger partial charge in [-0.25, -0.2) is 18.7 Å². The zero-order chi connectivity index (χ0) is 27.5. The summed E-state index contributed by atoms with van der Waals surface area (Å²) in [6.07, 6.45) is 2.83. The van der Waals surface area contributed by atoms with Gasteiger partial charge in [-0.3, -0.25) is 4.79 Å². The molecule has 2 atom stereocenters. The van der Waals surface area contributed by atoms with Crippen LogP contribution in [0.4, 0.5) is 20.4 Å². The minimum Gasteiger partial charge on any atom is -0.494 e. The van der Waals surface area contributed by atoms with Crippen LogP contribution < -0.4 is 25.0 Å². The molecule has 3 aromatic rings. The van der Waals surface area contributed by atoms with Gasteiger partial charge in [0, 0.05) is 36.1 Å². The van der Waals surface area contributed by atoms with E-state index in [4.69, 9.17) is 23.9 Å². The zero-order valence-corrected chi connectivity index (χ0v) is 21.6. The number of amides is 1. The van der Waals surface area contributed by atoms with Crippen LogP contribution in [-0.4, -0.2) is 81.7 Å². The number of hydrogen-bond donors (Lipinski definition) is 2. The lowest BCUT2D eigenvalue weighted by Gasteiger charge is -2.29. The Morgan fingerprint density at radius 3 is 2.44 bits per heavy atom. The van der Waals surface area contributed by atoms with Crippen LogP contribution in [0.1, 0.15) is 0 Å². The molecule has 2 aromatic heterocycles. The summed E-state index contributed by atoms with van der Waals surface area (Å²) in [6, 6.07) is 4.10. The molecule has 2 aliphatic rings. The van der Waals surface area contributed by atoms with Crippen molar-refractivity contribution in [1.29, 1.82) is 0 Å². The van der Waals surface area contributed by atoms with Gasteiger partial charge in [-0.05, 0) is 18.2 Å². The van der Waals surface area contributed by atoms with Gasteiger partial charge in [0.05, 0.1) is 64.0 Å². The Kier molecular flexibility index (Phi) is 7.75. The average Bonchev–Trinajstić information content (AvgIpc) is 3.39. The van der Waals surface area contributed by atoms with Crippen molar-refractivity contribution in [1.82, 2.24) is 15.3 Å². The molecule has 4 heterocycles. The van der Waals surface area contributed by atoms with Crippen molar-refractivity contribution in [3.63, 3.8) is 0 Å². The lowest BCUT2D eigenvalue weighted by atomic mass is 10.0. The normalized spacial score (nSPS) is 19.1. The highest BCUT2D eigenvalue weighted by atomic mass is 19.1. The molecule has 0 unspecified atom stereocenters. The van der Waals surface area contributed by atoms with E-state index >= 15 is 8.78 Å². The van der Waals surface area contributed by atoms with Crippen molar-refractivity contribution in [3.05, 3.63) is 48.7 Å². The molecular weight excluding hydrogens is 512 g/mol. The summed E-state index contributed by atoms with van der Waals surface area (Å²) in [5, 5.41) is 7.55. The number of methoxy groups -OCH3 is 2. The number of pyridine rings is 2. The molecule has 1 aromatic carbocycles. The van der Waals surface area contributed by atoms with E-state index in [0.29, 0.717) is 56.5 Å². The van der Waals surface area contributed by atoms with Gasteiger partial charge in [0.1, 0.15) is 11.6 Å². The SMILES string of the molecule is C=CC(=O)N[C@H]1COC[C@H]1Nc1cc2c(N3CCOCC3)nc(-c3c(F)c(OC)cc(OC)c3F)cc2cn1. The van der Waals surface area contributed by atoms with Crippen LogP contribution >= 0.6 is 0 Å². The number of ether oxygens (including phenoxy) is 4. The number of anilines is 2. The van der Waals surface area contributed by atoms with Crippen LogP contribution in [0.15, 0.2) is 37.1 Å². The first-order valence-electron chi connectivity index (χ1n) is 12.4. The van der Waals surface area contributed by atoms with Crippen molar-refractivity contribution in [2.24, 2.45) is 0 Å². The number of rotatable bonds is 8. The molecule has 2 N–H and O–H groups in total. The standard InChI is InChI=1S/C27H29F2N5O5/c1-4-23(35)32-19-14-39-13-18(19)31-22-10-16-15(12-30-22)9-17(33-27(16)34-5-7-38-8-6-34)24-25(28)20(36-2)11-21(37-3)26(24)29/h4,9-12,18-19H,1,5-8,13-14H2,2-3H3,(H,30,31)(H,32,35)/t18-,19+/m1/s1. The minimum absolute atomic E-state index is 0.0788. The number of hydrogen-bond acceptors (Lipinski definition) is 9. The monoisotopic (exact) mass is 541 g/mol. The number of halogens is 2. The summed E-state index contributed by atoms with van der Waals surface area (Å²) in [5.74, 6) is -1.29. The van der Waals surface area contributed by atoms with Crippen molar-refractivity contribution in [2.45, 2.75) is 12.1 Å². The van der Waals surface area contributed by atoms with E-state index in [1.54, 1.807) is 12.3 Å². The lowest BCUT2D eigenvalue weighted by molar-refractivity contribution is -0.117. The van der Waals surface area contributed by atoms with E-state index < -0.39 is 11.6 Å². The van der Waals surface area contributed by atoms with Crippen molar-refractivity contribution < 1.29 is 32.5 Å². The largest absolute Gasteiger partial charge is 0.494 e. The molecule has 0 bridgehead atoms. The predicted molar refractivity (Wildman–Crippen MR) is 141 cm³/mol. The van der Waals surface area contributed by atoms with Gasteiger partial charge >= 0.3 is 0 Å². The third kappa shape index (κ3) is 5.30. The van der Waals surface area contributed by atoms with Gasteiger partial charge < -0.3 is 34.5 Å². The predicted octanol–water partition coefficient (Wildman–Crippen LogP) is 2.91. The number of carbonyl (C=O) groups excluding carboxylic acids is 1. The summed E-state index contributed by atoms with van der Waals surface area (Å²) < 4.78 is 52.1. The van der Waals surface area contributed by atoms with Gasteiger partial charge in [0.15, 0.2) is 23.1 Å². The van der Waals surface area contributed by atoms with E-state index in [2.05, 4.69) is 22.2 Å². The molecule has 206 valence electrons. The van der Waals surface area contributed by atoms with Crippen LogP contribution in [0.3, 0.4) is 0 Å². The van der Waals surface area contributed by atoms with Crippen molar-refractivity contribution in [3.8, 4) is 22.8 Å².